The maximum atomic E-state index is 14.1. The van der Waals surface area contributed by atoms with Gasteiger partial charge in [0.1, 0.15) is 17.9 Å². The Bertz CT molecular complexity index is 917. The van der Waals surface area contributed by atoms with E-state index in [1.165, 1.54) is 37.4 Å². The monoisotopic (exact) mass is 395 g/mol. The first-order chi connectivity index (χ1) is 12.4. The van der Waals surface area contributed by atoms with Gasteiger partial charge >= 0.3 is 0 Å². The fraction of sp³-hybridized carbons (Fsp3) is 0.263. The van der Waals surface area contributed by atoms with Crippen molar-refractivity contribution < 1.29 is 9.50 Å². The number of halogens is 3. The lowest BCUT2D eigenvalue weighted by molar-refractivity contribution is 0.472. The van der Waals surface area contributed by atoms with Crippen LogP contribution in [0.15, 0.2) is 30.6 Å². The zero-order valence-electron chi connectivity index (χ0n) is 14.8. The topological polar surface area (TPSA) is 58.0 Å². The lowest BCUT2D eigenvalue weighted by Crippen LogP contribution is -1.99. The number of hydrogen-bond acceptors (Lipinski definition) is 4. The number of nitrogens with zero attached hydrogens (tertiary/aromatic N) is 2. The van der Waals surface area contributed by atoms with Crippen molar-refractivity contribution in [1.29, 1.82) is 0 Å². The molecule has 2 aromatic carbocycles. The Morgan fingerprint density at radius 2 is 1.81 bits per heavy atom. The Balaban J connectivity index is 0.000000552. The second kappa shape index (κ2) is 9.01. The number of unbranched alkanes of at least 4 members (excludes halogenated alkanes) is 1. The molecule has 3 aromatic rings. The lowest BCUT2D eigenvalue weighted by Gasteiger charge is -2.11. The molecule has 1 aromatic heterocycles. The average Bonchev–Trinajstić information content (AvgIpc) is 2.64. The van der Waals surface area contributed by atoms with Gasteiger partial charge in [-0.3, -0.25) is 0 Å². The third kappa shape index (κ3) is 4.54. The van der Waals surface area contributed by atoms with Gasteiger partial charge in [0.05, 0.1) is 21.2 Å². The maximum Gasteiger partial charge on any atom is 0.166 e. The highest BCUT2D eigenvalue weighted by atomic mass is 35.5. The number of rotatable bonds is 3. The molecule has 0 amide bonds. The number of phenolic OH excluding ortho intramolecular Hbond substituents is 1. The van der Waals surface area contributed by atoms with E-state index in [-0.39, 0.29) is 21.5 Å². The molecule has 0 bridgehead atoms. The molecule has 0 aliphatic heterocycles. The second-order valence-corrected chi connectivity index (χ2v) is 6.51. The van der Waals surface area contributed by atoms with Crippen LogP contribution in [0.5, 0.6) is 5.75 Å². The van der Waals surface area contributed by atoms with Crippen LogP contribution < -0.4 is 5.32 Å². The summed E-state index contributed by atoms with van der Waals surface area (Å²) in [5.41, 5.74) is 1.46. The van der Waals surface area contributed by atoms with Crippen LogP contribution in [0, 0.1) is 12.7 Å². The molecule has 1 heterocycles. The summed E-state index contributed by atoms with van der Waals surface area (Å²) in [6.45, 7) is 6.13. The minimum Gasteiger partial charge on any atom is -0.508 e. The molecule has 0 atom stereocenters. The van der Waals surface area contributed by atoms with Crippen molar-refractivity contribution >= 4 is 45.6 Å². The number of phenols is 1. The van der Waals surface area contributed by atoms with Gasteiger partial charge in [-0.25, -0.2) is 14.4 Å². The predicted octanol–water partition coefficient (Wildman–Crippen LogP) is 6.64. The molecular weight excluding hydrogens is 376 g/mol. The highest BCUT2D eigenvalue weighted by Gasteiger charge is 2.13. The smallest absolute Gasteiger partial charge is 0.166 e. The van der Waals surface area contributed by atoms with Crippen molar-refractivity contribution in [2.45, 2.75) is 33.6 Å². The Labute approximate surface area is 162 Å². The largest absolute Gasteiger partial charge is 0.508 e. The van der Waals surface area contributed by atoms with Gasteiger partial charge in [-0.2, -0.15) is 0 Å². The number of anilines is 2. The molecule has 0 aliphatic rings. The van der Waals surface area contributed by atoms with Crippen molar-refractivity contribution in [1.82, 2.24) is 9.97 Å². The number of benzene rings is 2. The summed E-state index contributed by atoms with van der Waals surface area (Å²) in [5, 5.41) is 13.2. The molecule has 4 nitrogen and oxygen atoms in total. The lowest BCUT2D eigenvalue weighted by atomic mass is 10.1. The van der Waals surface area contributed by atoms with Gasteiger partial charge in [0.15, 0.2) is 5.82 Å². The van der Waals surface area contributed by atoms with Gasteiger partial charge in [0.25, 0.3) is 0 Å². The van der Waals surface area contributed by atoms with Gasteiger partial charge in [0, 0.05) is 5.39 Å². The fourth-order valence-corrected chi connectivity index (χ4v) is 2.36. The van der Waals surface area contributed by atoms with Crippen LogP contribution in [0.2, 0.25) is 10.0 Å². The van der Waals surface area contributed by atoms with Crippen molar-refractivity contribution in [3.05, 3.63) is 52.0 Å². The summed E-state index contributed by atoms with van der Waals surface area (Å²) in [4.78, 5) is 8.23. The van der Waals surface area contributed by atoms with Gasteiger partial charge < -0.3 is 10.4 Å². The maximum absolute atomic E-state index is 14.1. The standard InChI is InChI=1S/C15H10Cl2FN3O.C4H10/c1-7-4-11-8(5-12(7)22)15(20-6-19-11)21-10-3-2-9(16)13(17)14(10)18;1-3-4-2/h2-6,22H,1H3,(H,19,20,21);3-4H2,1-2H3. The van der Waals surface area contributed by atoms with Gasteiger partial charge in [-0.05, 0) is 36.8 Å². The van der Waals surface area contributed by atoms with E-state index in [1.807, 2.05) is 0 Å². The van der Waals surface area contributed by atoms with E-state index >= 15 is 0 Å². The molecule has 2 N–H and O–H groups in total. The summed E-state index contributed by atoms with van der Waals surface area (Å²) in [6.07, 6.45) is 4.00. The van der Waals surface area contributed by atoms with E-state index in [0.717, 1.165) is 0 Å². The first-order valence-electron chi connectivity index (χ1n) is 8.23. The van der Waals surface area contributed by atoms with Crippen molar-refractivity contribution in [3.63, 3.8) is 0 Å². The molecular formula is C19H20Cl2FN3O. The van der Waals surface area contributed by atoms with E-state index in [4.69, 9.17) is 23.2 Å². The Kier molecular flexibility index (Phi) is 7.00. The van der Waals surface area contributed by atoms with Crippen LogP contribution in [-0.2, 0) is 0 Å². The molecule has 0 aliphatic carbocycles. The van der Waals surface area contributed by atoms with Crippen LogP contribution in [-0.4, -0.2) is 15.1 Å². The van der Waals surface area contributed by atoms with E-state index in [0.29, 0.717) is 22.3 Å². The van der Waals surface area contributed by atoms with Crippen molar-refractivity contribution in [3.8, 4) is 5.75 Å². The van der Waals surface area contributed by atoms with Crippen LogP contribution >= 0.6 is 23.2 Å². The Morgan fingerprint density at radius 3 is 2.46 bits per heavy atom. The molecule has 26 heavy (non-hydrogen) atoms. The average molecular weight is 396 g/mol. The van der Waals surface area contributed by atoms with Crippen LogP contribution in [0.4, 0.5) is 15.9 Å². The number of aromatic nitrogens is 2. The first-order valence-corrected chi connectivity index (χ1v) is 8.99. The highest BCUT2D eigenvalue weighted by Crippen LogP contribution is 2.33. The minimum atomic E-state index is -0.669. The number of hydrogen-bond donors (Lipinski definition) is 2. The zero-order valence-corrected chi connectivity index (χ0v) is 16.3. The summed E-state index contributed by atoms with van der Waals surface area (Å²) >= 11 is 11.6. The van der Waals surface area contributed by atoms with Crippen molar-refractivity contribution in [2.75, 3.05) is 5.32 Å². The number of nitrogens with one attached hydrogen (secondary N) is 1. The summed E-state index contributed by atoms with van der Waals surface area (Å²) in [5.74, 6) is -0.199. The summed E-state index contributed by atoms with van der Waals surface area (Å²) < 4.78 is 14.1. The molecule has 0 fully saturated rings. The fourth-order valence-electron chi connectivity index (χ4n) is 2.05. The predicted molar refractivity (Wildman–Crippen MR) is 106 cm³/mol. The highest BCUT2D eigenvalue weighted by molar-refractivity contribution is 6.42. The van der Waals surface area contributed by atoms with Gasteiger partial charge in [-0.1, -0.05) is 49.9 Å². The molecule has 0 spiro atoms. The second-order valence-electron chi connectivity index (χ2n) is 5.73. The molecule has 0 saturated carbocycles. The molecule has 138 valence electrons. The van der Waals surface area contributed by atoms with Gasteiger partial charge in [-0.15, -0.1) is 0 Å². The normalized spacial score (nSPS) is 10.4. The molecule has 0 radical (unpaired) electrons. The quantitative estimate of drug-likeness (QED) is 0.487. The van der Waals surface area contributed by atoms with Crippen LogP contribution in [0.1, 0.15) is 32.3 Å². The Hall–Kier alpha value is -2.11. The minimum absolute atomic E-state index is 0.111. The van der Waals surface area contributed by atoms with E-state index in [2.05, 4.69) is 29.1 Å². The van der Waals surface area contributed by atoms with Gasteiger partial charge in [0.2, 0.25) is 0 Å². The molecule has 3 rings (SSSR count). The third-order valence-corrected chi connectivity index (χ3v) is 4.52. The molecule has 0 unspecified atom stereocenters. The van der Waals surface area contributed by atoms with Crippen LogP contribution in [0.3, 0.4) is 0 Å². The summed E-state index contributed by atoms with van der Waals surface area (Å²) in [7, 11) is 0. The first kappa shape index (κ1) is 20.2. The summed E-state index contributed by atoms with van der Waals surface area (Å²) in [6, 6.07) is 6.21. The van der Waals surface area contributed by atoms with E-state index in [1.54, 1.807) is 13.0 Å². The number of fused-ring (bicyclic) bond motifs is 1. The Morgan fingerprint density at radius 1 is 1.12 bits per heavy atom. The SMILES string of the molecule is CCCC.Cc1cc2ncnc(Nc3ccc(Cl)c(Cl)c3F)c2cc1O. The van der Waals surface area contributed by atoms with Crippen LogP contribution in [0.25, 0.3) is 10.9 Å². The molecule has 0 saturated heterocycles. The molecule has 7 heteroatoms. The number of aryl methyl sites for hydroxylation is 1. The zero-order chi connectivity index (χ0) is 19.3. The third-order valence-electron chi connectivity index (χ3n) is 3.74. The van der Waals surface area contributed by atoms with E-state index < -0.39 is 5.82 Å². The van der Waals surface area contributed by atoms with E-state index in [9.17, 15) is 9.50 Å². The number of aromatic hydroxyl groups is 1. The van der Waals surface area contributed by atoms with Crippen molar-refractivity contribution in [2.24, 2.45) is 0 Å².